The SMILES string of the molecule is CC(=O)Nc1ccc(S(=O)(=O)N2CCC(N(C(N)=O)C3CCC(C)CC3)CC2)cc1. The smallest absolute Gasteiger partial charge is 0.315 e. The first-order valence-electron chi connectivity index (χ1n) is 10.6. The number of urea groups is 1. The van der Waals surface area contributed by atoms with E-state index >= 15 is 0 Å². The predicted molar refractivity (Wildman–Crippen MR) is 115 cm³/mol. The second kappa shape index (κ2) is 9.34. The van der Waals surface area contributed by atoms with Crippen molar-refractivity contribution in [2.24, 2.45) is 11.7 Å². The van der Waals surface area contributed by atoms with E-state index in [0.29, 0.717) is 37.5 Å². The van der Waals surface area contributed by atoms with Gasteiger partial charge in [-0.25, -0.2) is 13.2 Å². The molecule has 2 aliphatic rings. The molecule has 30 heavy (non-hydrogen) atoms. The second-order valence-electron chi connectivity index (χ2n) is 8.50. The van der Waals surface area contributed by atoms with Gasteiger partial charge >= 0.3 is 6.03 Å². The summed E-state index contributed by atoms with van der Waals surface area (Å²) in [4.78, 5) is 25.3. The minimum absolute atomic E-state index is 0.0190. The van der Waals surface area contributed by atoms with Crippen LogP contribution < -0.4 is 11.1 Å². The Morgan fingerprint density at radius 1 is 1.00 bits per heavy atom. The Kier molecular flexibility index (Phi) is 7.02. The number of hydrogen-bond donors (Lipinski definition) is 2. The van der Waals surface area contributed by atoms with Gasteiger partial charge in [-0.15, -0.1) is 0 Å². The Morgan fingerprint density at radius 2 is 1.53 bits per heavy atom. The Morgan fingerprint density at radius 3 is 2.03 bits per heavy atom. The summed E-state index contributed by atoms with van der Waals surface area (Å²) in [5.41, 5.74) is 6.27. The summed E-state index contributed by atoms with van der Waals surface area (Å²) in [6.45, 7) is 4.34. The topological polar surface area (TPSA) is 113 Å². The monoisotopic (exact) mass is 436 g/mol. The summed E-state index contributed by atoms with van der Waals surface area (Å²) in [6.07, 6.45) is 5.27. The molecule has 1 aromatic rings. The summed E-state index contributed by atoms with van der Waals surface area (Å²) in [6, 6.07) is 5.92. The van der Waals surface area contributed by atoms with Crippen LogP contribution in [0, 0.1) is 5.92 Å². The summed E-state index contributed by atoms with van der Waals surface area (Å²) in [5, 5.41) is 2.63. The molecule has 1 aliphatic heterocycles. The third-order valence-corrected chi connectivity index (χ3v) is 8.18. The van der Waals surface area contributed by atoms with Crippen molar-refractivity contribution in [2.45, 2.75) is 69.4 Å². The molecule has 0 atom stereocenters. The number of nitrogens with zero attached hydrogens (tertiary/aromatic N) is 2. The van der Waals surface area contributed by atoms with E-state index in [-0.39, 0.29) is 22.9 Å². The number of piperidine rings is 1. The van der Waals surface area contributed by atoms with Crippen LogP contribution in [0.5, 0.6) is 0 Å². The number of nitrogens with one attached hydrogen (secondary N) is 1. The van der Waals surface area contributed by atoms with Gasteiger partial charge in [0.05, 0.1) is 4.90 Å². The molecule has 8 nitrogen and oxygen atoms in total. The lowest BCUT2D eigenvalue weighted by atomic mass is 9.85. The number of anilines is 1. The Labute approximate surface area is 178 Å². The molecule has 1 aromatic carbocycles. The Bertz CT molecular complexity index is 855. The zero-order chi connectivity index (χ0) is 21.9. The van der Waals surface area contributed by atoms with E-state index in [0.717, 1.165) is 25.7 Å². The van der Waals surface area contributed by atoms with Gasteiger partial charge < -0.3 is 16.0 Å². The first kappa shape index (κ1) is 22.6. The molecule has 0 spiro atoms. The van der Waals surface area contributed by atoms with Gasteiger partial charge in [0.25, 0.3) is 0 Å². The van der Waals surface area contributed by atoms with E-state index < -0.39 is 16.1 Å². The van der Waals surface area contributed by atoms with Crippen molar-refractivity contribution < 1.29 is 18.0 Å². The van der Waals surface area contributed by atoms with Crippen LogP contribution >= 0.6 is 0 Å². The number of carbonyl (C=O) groups is 2. The number of sulfonamides is 1. The zero-order valence-corrected chi connectivity index (χ0v) is 18.5. The molecule has 3 amide bonds. The van der Waals surface area contributed by atoms with E-state index in [2.05, 4.69) is 12.2 Å². The van der Waals surface area contributed by atoms with Gasteiger partial charge in [-0.3, -0.25) is 4.79 Å². The molecule has 1 aliphatic carbocycles. The van der Waals surface area contributed by atoms with Crippen molar-refractivity contribution in [1.82, 2.24) is 9.21 Å². The van der Waals surface area contributed by atoms with Crippen molar-refractivity contribution in [3.05, 3.63) is 24.3 Å². The van der Waals surface area contributed by atoms with Crippen LogP contribution in [0.1, 0.15) is 52.4 Å². The number of nitrogens with two attached hydrogens (primary N) is 1. The van der Waals surface area contributed by atoms with Crippen molar-refractivity contribution in [3.8, 4) is 0 Å². The fourth-order valence-corrected chi connectivity index (χ4v) is 6.07. The van der Waals surface area contributed by atoms with Gasteiger partial charge in [0.15, 0.2) is 0 Å². The van der Waals surface area contributed by atoms with Gasteiger partial charge in [0.2, 0.25) is 15.9 Å². The zero-order valence-electron chi connectivity index (χ0n) is 17.7. The molecule has 0 aromatic heterocycles. The number of primary amides is 1. The molecule has 0 radical (unpaired) electrons. The van der Waals surface area contributed by atoms with Gasteiger partial charge in [0.1, 0.15) is 0 Å². The van der Waals surface area contributed by atoms with Gasteiger partial charge in [-0.1, -0.05) is 6.92 Å². The van der Waals surface area contributed by atoms with Crippen LogP contribution in [0.3, 0.4) is 0 Å². The number of amides is 3. The molecule has 9 heteroatoms. The van der Waals surface area contributed by atoms with E-state index in [4.69, 9.17) is 5.73 Å². The van der Waals surface area contributed by atoms with Gasteiger partial charge in [-0.05, 0) is 68.7 Å². The van der Waals surface area contributed by atoms with E-state index in [1.165, 1.54) is 23.4 Å². The predicted octanol–water partition coefficient (Wildman–Crippen LogP) is 2.76. The van der Waals surface area contributed by atoms with Crippen LogP contribution in [-0.2, 0) is 14.8 Å². The summed E-state index contributed by atoms with van der Waals surface area (Å²) in [5.74, 6) is 0.471. The number of benzene rings is 1. The average Bonchev–Trinajstić information content (AvgIpc) is 2.70. The van der Waals surface area contributed by atoms with Crippen molar-refractivity contribution in [2.75, 3.05) is 18.4 Å². The lowest BCUT2D eigenvalue weighted by Gasteiger charge is -2.43. The highest BCUT2D eigenvalue weighted by molar-refractivity contribution is 7.89. The summed E-state index contributed by atoms with van der Waals surface area (Å²) >= 11 is 0. The van der Waals surface area contributed by atoms with E-state index in [9.17, 15) is 18.0 Å². The van der Waals surface area contributed by atoms with Gasteiger partial charge in [-0.2, -0.15) is 4.31 Å². The highest BCUT2D eigenvalue weighted by Crippen LogP contribution is 2.31. The molecule has 0 unspecified atom stereocenters. The molecule has 166 valence electrons. The average molecular weight is 437 g/mol. The van der Waals surface area contributed by atoms with E-state index in [1.807, 2.05) is 4.90 Å². The molecule has 1 saturated carbocycles. The summed E-state index contributed by atoms with van der Waals surface area (Å²) < 4.78 is 27.5. The Balaban J connectivity index is 1.64. The van der Waals surface area contributed by atoms with Gasteiger partial charge in [0, 0.05) is 37.8 Å². The quantitative estimate of drug-likeness (QED) is 0.739. The lowest BCUT2D eigenvalue weighted by molar-refractivity contribution is -0.114. The van der Waals surface area contributed by atoms with Crippen molar-refractivity contribution in [3.63, 3.8) is 0 Å². The maximum Gasteiger partial charge on any atom is 0.315 e. The van der Waals surface area contributed by atoms with E-state index in [1.54, 1.807) is 12.1 Å². The highest BCUT2D eigenvalue weighted by Gasteiger charge is 2.36. The molecule has 3 N–H and O–H groups in total. The molecular formula is C21H32N4O4S. The fraction of sp³-hybridized carbons (Fsp3) is 0.619. The maximum absolute atomic E-state index is 13.0. The van der Waals surface area contributed by atoms with Crippen LogP contribution in [-0.4, -0.2) is 54.7 Å². The number of rotatable bonds is 5. The van der Waals surface area contributed by atoms with Crippen LogP contribution in [0.4, 0.5) is 10.5 Å². The molecule has 1 saturated heterocycles. The van der Waals surface area contributed by atoms with Crippen LogP contribution in [0.2, 0.25) is 0 Å². The minimum Gasteiger partial charge on any atom is -0.351 e. The van der Waals surface area contributed by atoms with Crippen molar-refractivity contribution >= 4 is 27.6 Å². The third-order valence-electron chi connectivity index (χ3n) is 6.26. The fourth-order valence-electron chi connectivity index (χ4n) is 4.60. The standard InChI is InChI=1S/C21H32N4O4S/c1-15-3-7-18(8-4-15)25(21(22)27)19-11-13-24(14-12-19)30(28,29)20-9-5-17(6-10-20)23-16(2)26/h5-6,9-10,15,18-19H,3-4,7-8,11-14H2,1-2H3,(H2,22,27)(H,23,26). The molecular weight excluding hydrogens is 404 g/mol. The largest absolute Gasteiger partial charge is 0.351 e. The highest BCUT2D eigenvalue weighted by atomic mass is 32.2. The molecule has 2 fully saturated rings. The lowest BCUT2D eigenvalue weighted by Crippen LogP contribution is -2.54. The summed E-state index contributed by atoms with van der Waals surface area (Å²) in [7, 11) is -3.62. The number of carbonyl (C=O) groups excluding carboxylic acids is 2. The van der Waals surface area contributed by atoms with Crippen LogP contribution in [0.15, 0.2) is 29.2 Å². The normalized spacial score (nSPS) is 23.7. The first-order chi connectivity index (χ1) is 14.2. The van der Waals surface area contributed by atoms with Crippen LogP contribution in [0.25, 0.3) is 0 Å². The molecule has 1 heterocycles. The first-order valence-corrected chi connectivity index (χ1v) is 12.1. The third kappa shape index (κ3) is 5.13. The molecule has 3 rings (SSSR count). The maximum atomic E-state index is 13.0. The second-order valence-corrected chi connectivity index (χ2v) is 10.4. The van der Waals surface area contributed by atoms with Crippen molar-refractivity contribution in [1.29, 1.82) is 0 Å². The number of hydrogen-bond acceptors (Lipinski definition) is 4. The Hall–Kier alpha value is -2.13. The minimum atomic E-state index is -3.62. The molecule has 0 bridgehead atoms.